The lowest BCUT2D eigenvalue weighted by molar-refractivity contribution is 0.146. The number of hydrogen-bond acceptors (Lipinski definition) is 4. The van der Waals surface area contributed by atoms with Crippen molar-refractivity contribution in [3.63, 3.8) is 0 Å². The van der Waals surface area contributed by atoms with Crippen molar-refractivity contribution >= 4 is 5.69 Å². The number of methoxy groups -OCH3 is 1. The van der Waals surface area contributed by atoms with Crippen LogP contribution >= 0.6 is 0 Å². The molecule has 1 fully saturated rings. The first-order chi connectivity index (χ1) is 9.78. The van der Waals surface area contributed by atoms with Gasteiger partial charge in [0, 0.05) is 25.9 Å². The predicted octanol–water partition coefficient (Wildman–Crippen LogP) is 2.47. The van der Waals surface area contributed by atoms with Crippen molar-refractivity contribution in [2.45, 2.75) is 12.8 Å². The topological polar surface area (TPSA) is 33.7 Å². The number of nitrogens with zero attached hydrogens (tertiary/aromatic N) is 1. The van der Waals surface area contributed by atoms with Crippen LogP contribution < -0.4 is 10.1 Å². The van der Waals surface area contributed by atoms with Crippen molar-refractivity contribution in [1.29, 1.82) is 0 Å². The standard InChI is InChI=1S/C16H26N2O2/c1-18-9-3-4-14(13-18)12-17-15-5-7-16(8-6-15)20-11-10-19-2/h5-8,14,17H,3-4,9-13H2,1-2H3. The highest BCUT2D eigenvalue weighted by molar-refractivity contribution is 5.46. The van der Waals surface area contributed by atoms with E-state index < -0.39 is 0 Å². The molecule has 1 aromatic rings. The molecule has 0 spiro atoms. The Hall–Kier alpha value is -1.26. The van der Waals surface area contributed by atoms with Crippen LogP contribution in [0.1, 0.15) is 12.8 Å². The molecule has 1 aliphatic heterocycles. The van der Waals surface area contributed by atoms with E-state index in [2.05, 4.69) is 29.4 Å². The molecule has 0 saturated carbocycles. The van der Waals surface area contributed by atoms with E-state index in [4.69, 9.17) is 9.47 Å². The van der Waals surface area contributed by atoms with Gasteiger partial charge in [-0.3, -0.25) is 0 Å². The van der Waals surface area contributed by atoms with Crippen LogP contribution in [0.4, 0.5) is 5.69 Å². The maximum Gasteiger partial charge on any atom is 0.119 e. The highest BCUT2D eigenvalue weighted by atomic mass is 16.5. The van der Waals surface area contributed by atoms with Crippen molar-refractivity contribution < 1.29 is 9.47 Å². The van der Waals surface area contributed by atoms with Gasteiger partial charge in [0.2, 0.25) is 0 Å². The third-order valence-electron chi connectivity index (χ3n) is 3.73. The van der Waals surface area contributed by atoms with Crippen LogP contribution in [-0.2, 0) is 4.74 Å². The summed E-state index contributed by atoms with van der Waals surface area (Å²) >= 11 is 0. The van der Waals surface area contributed by atoms with Gasteiger partial charge in [-0.25, -0.2) is 0 Å². The van der Waals surface area contributed by atoms with E-state index in [0.29, 0.717) is 13.2 Å². The summed E-state index contributed by atoms with van der Waals surface area (Å²) in [6.45, 7) is 4.70. The lowest BCUT2D eigenvalue weighted by Gasteiger charge is -2.29. The number of anilines is 1. The fourth-order valence-corrected chi connectivity index (χ4v) is 2.61. The number of ether oxygens (including phenoxy) is 2. The quantitative estimate of drug-likeness (QED) is 0.777. The van der Waals surface area contributed by atoms with E-state index in [1.165, 1.54) is 25.9 Å². The fourth-order valence-electron chi connectivity index (χ4n) is 2.61. The Morgan fingerprint density at radius 2 is 2.05 bits per heavy atom. The van der Waals surface area contributed by atoms with Crippen molar-refractivity contribution in [3.05, 3.63) is 24.3 Å². The largest absolute Gasteiger partial charge is 0.491 e. The molecule has 20 heavy (non-hydrogen) atoms. The van der Waals surface area contributed by atoms with Gasteiger partial charge in [-0.1, -0.05) is 0 Å². The molecule has 2 rings (SSSR count). The monoisotopic (exact) mass is 278 g/mol. The highest BCUT2D eigenvalue weighted by Gasteiger charge is 2.16. The second-order valence-corrected chi connectivity index (χ2v) is 5.52. The average Bonchev–Trinajstić information content (AvgIpc) is 2.47. The predicted molar refractivity (Wildman–Crippen MR) is 82.5 cm³/mol. The Kier molecular flexibility index (Phi) is 6.15. The van der Waals surface area contributed by atoms with Gasteiger partial charge in [-0.05, 0) is 56.6 Å². The van der Waals surface area contributed by atoms with Crippen molar-refractivity contribution in [3.8, 4) is 5.75 Å². The molecule has 0 aromatic heterocycles. The van der Waals surface area contributed by atoms with E-state index in [1.54, 1.807) is 7.11 Å². The van der Waals surface area contributed by atoms with Gasteiger partial charge in [-0.2, -0.15) is 0 Å². The molecule has 0 aliphatic carbocycles. The Labute approximate surface area is 122 Å². The van der Waals surface area contributed by atoms with E-state index in [9.17, 15) is 0 Å². The maximum atomic E-state index is 5.55. The van der Waals surface area contributed by atoms with Gasteiger partial charge >= 0.3 is 0 Å². The average molecular weight is 278 g/mol. The van der Waals surface area contributed by atoms with Gasteiger partial charge < -0.3 is 19.7 Å². The van der Waals surface area contributed by atoms with Crippen LogP contribution in [0.15, 0.2) is 24.3 Å². The third-order valence-corrected chi connectivity index (χ3v) is 3.73. The van der Waals surface area contributed by atoms with E-state index in [-0.39, 0.29) is 0 Å². The Morgan fingerprint density at radius 1 is 1.25 bits per heavy atom. The Bertz CT molecular complexity index is 381. The smallest absolute Gasteiger partial charge is 0.119 e. The summed E-state index contributed by atoms with van der Waals surface area (Å²) in [7, 11) is 3.89. The molecule has 4 nitrogen and oxygen atoms in total. The number of benzene rings is 1. The van der Waals surface area contributed by atoms with Crippen molar-refractivity contribution in [2.24, 2.45) is 5.92 Å². The first kappa shape index (κ1) is 15.1. The second-order valence-electron chi connectivity index (χ2n) is 5.52. The summed E-state index contributed by atoms with van der Waals surface area (Å²) < 4.78 is 10.5. The summed E-state index contributed by atoms with van der Waals surface area (Å²) in [6.07, 6.45) is 2.64. The SMILES string of the molecule is COCCOc1ccc(NCC2CCCN(C)C2)cc1. The zero-order valence-electron chi connectivity index (χ0n) is 12.6. The Balaban J connectivity index is 1.73. The fraction of sp³-hybridized carbons (Fsp3) is 0.625. The van der Waals surface area contributed by atoms with Crippen LogP contribution in [0, 0.1) is 5.92 Å². The van der Waals surface area contributed by atoms with Crippen molar-refractivity contribution in [1.82, 2.24) is 4.90 Å². The maximum absolute atomic E-state index is 5.55. The van der Waals surface area contributed by atoms with Crippen LogP contribution in [0.2, 0.25) is 0 Å². The van der Waals surface area contributed by atoms with E-state index in [1.807, 2.05) is 12.1 Å². The number of piperidine rings is 1. The molecular weight excluding hydrogens is 252 g/mol. The molecule has 1 aliphatic rings. The first-order valence-electron chi connectivity index (χ1n) is 7.42. The molecule has 1 atom stereocenters. The summed E-state index contributed by atoms with van der Waals surface area (Å²) in [5.74, 6) is 1.65. The molecular formula is C16H26N2O2. The zero-order chi connectivity index (χ0) is 14.2. The lowest BCUT2D eigenvalue weighted by Crippen LogP contribution is -2.35. The molecule has 1 saturated heterocycles. The van der Waals surface area contributed by atoms with Gasteiger partial charge in [0.1, 0.15) is 12.4 Å². The summed E-state index contributed by atoms with van der Waals surface area (Å²) in [5.41, 5.74) is 1.16. The number of rotatable bonds is 7. The number of nitrogens with one attached hydrogen (secondary N) is 1. The molecule has 4 heteroatoms. The third kappa shape index (κ3) is 5.02. The summed E-state index contributed by atoms with van der Waals surface area (Å²) in [5, 5.41) is 3.52. The molecule has 112 valence electrons. The minimum absolute atomic E-state index is 0.595. The van der Waals surface area contributed by atoms with Gasteiger partial charge in [0.25, 0.3) is 0 Å². The molecule has 1 aromatic carbocycles. The van der Waals surface area contributed by atoms with Gasteiger partial charge in [0.05, 0.1) is 6.61 Å². The first-order valence-corrected chi connectivity index (χ1v) is 7.42. The van der Waals surface area contributed by atoms with Crippen molar-refractivity contribution in [2.75, 3.05) is 52.3 Å². The minimum Gasteiger partial charge on any atom is -0.491 e. The number of hydrogen-bond donors (Lipinski definition) is 1. The summed E-state index contributed by atoms with van der Waals surface area (Å²) in [4.78, 5) is 2.42. The Morgan fingerprint density at radius 3 is 2.75 bits per heavy atom. The van der Waals surface area contributed by atoms with Crippen LogP contribution in [0.3, 0.4) is 0 Å². The molecule has 0 bridgehead atoms. The lowest BCUT2D eigenvalue weighted by atomic mass is 9.98. The minimum atomic E-state index is 0.595. The molecule has 1 heterocycles. The summed E-state index contributed by atoms with van der Waals surface area (Å²) in [6, 6.07) is 8.17. The van der Waals surface area contributed by atoms with Gasteiger partial charge in [0.15, 0.2) is 0 Å². The van der Waals surface area contributed by atoms with Crippen LogP contribution in [0.25, 0.3) is 0 Å². The second kappa shape index (κ2) is 8.12. The normalized spacial score (nSPS) is 19.8. The van der Waals surface area contributed by atoms with E-state index >= 15 is 0 Å². The van der Waals surface area contributed by atoms with E-state index in [0.717, 1.165) is 23.9 Å². The molecule has 1 N–H and O–H groups in total. The van der Waals surface area contributed by atoms with Crippen LogP contribution in [-0.4, -0.2) is 51.9 Å². The highest BCUT2D eigenvalue weighted by Crippen LogP contribution is 2.18. The zero-order valence-corrected chi connectivity index (χ0v) is 12.6. The van der Waals surface area contributed by atoms with Gasteiger partial charge in [-0.15, -0.1) is 0 Å². The molecule has 0 radical (unpaired) electrons. The molecule has 0 amide bonds. The number of likely N-dealkylation sites (tertiary alicyclic amines) is 1. The van der Waals surface area contributed by atoms with Crippen LogP contribution in [0.5, 0.6) is 5.75 Å². The molecule has 1 unspecified atom stereocenters.